The number of amides is 1. The topological polar surface area (TPSA) is 120 Å². The van der Waals surface area contributed by atoms with E-state index in [1.165, 1.54) is 0 Å². The Bertz CT molecular complexity index is 1150. The van der Waals surface area contributed by atoms with Gasteiger partial charge in [0.1, 0.15) is 0 Å². The van der Waals surface area contributed by atoms with Crippen molar-refractivity contribution in [2.24, 2.45) is 0 Å². The molecule has 4 rings (SSSR count). The summed E-state index contributed by atoms with van der Waals surface area (Å²) in [4.78, 5) is 38.1. The first-order chi connectivity index (χ1) is 15.8. The van der Waals surface area contributed by atoms with Gasteiger partial charge in [-0.25, -0.2) is 4.79 Å². The summed E-state index contributed by atoms with van der Waals surface area (Å²) in [7, 11) is 0. The number of carboxylic acid groups (broad SMARTS) is 2. The van der Waals surface area contributed by atoms with Gasteiger partial charge in [-0.3, -0.25) is 14.6 Å². The van der Waals surface area contributed by atoms with E-state index in [1.54, 1.807) is 37.5 Å². The van der Waals surface area contributed by atoms with Gasteiger partial charge in [0.25, 0.3) is 6.47 Å². The second kappa shape index (κ2) is 10.4. The van der Waals surface area contributed by atoms with Gasteiger partial charge in [0.15, 0.2) is 0 Å². The summed E-state index contributed by atoms with van der Waals surface area (Å²) in [5.74, 6) is -0.952. The van der Waals surface area contributed by atoms with Gasteiger partial charge in [0.2, 0.25) is 5.91 Å². The summed E-state index contributed by atoms with van der Waals surface area (Å²) in [6, 6.07) is 16.7. The summed E-state index contributed by atoms with van der Waals surface area (Å²) < 4.78 is 0. The quantitative estimate of drug-likeness (QED) is 0.506. The van der Waals surface area contributed by atoms with Crippen LogP contribution in [0.1, 0.15) is 42.2 Å². The Kier molecular flexibility index (Phi) is 7.40. The molecule has 0 saturated carbocycles. The van der Waals surface area contributed by atoms with E-state index in [0.717, 1.165) is 34.5 Å². The zero-order valence-electron chi connectivity index (χ0n) is 18.3. The number of aromatic carboxylic acids is 1. The summed E-state index contributed by atoms with van der Waals surface area (Å²) >= 11 is 0. The van der Waals surface area contributed by atoms with Gasteiger partial charge < -0.3 is 20.4 Å². The maximum Gasteiger partial charge on any atom is 0.335 e. The lowest BCUT2D eigenvalue weighted by molar-refractivity contribution is -0.123. The number of pyridine rings is 1. The van der Waals surface area contributed by atoms with E-state index in [-0.39, 0.29) is 30.0 Å². The predicted octanol–water partition coefficient (Wildman–Crippen LogP) is 4.45. The summed E-state index contributed by atoms with van der Waals surface area (Å²) in [5.41, 5.74) is 4.77. The molecule has 170 valence electrons. The SMILES string of the molecule is CC(=O)N1c2ccc(-c3cccc(C(=O)O)c3)cc2[C@H](Nc2cccnc2)C[C@@H]1C.O=CO. The number of carbonyl (C=O) groups excluding carboxylic acids is 1. The van der Waals surface area contributed by atoms with Crippen LogP contribution in [0, 0.1) is 0 Å². The van der Waals surface area contributed by atoms with Crippen molar-refractivity contribution in [2.75, 3.05) is 10.2 Å². The van der Waals surface area contributed by atoms with Crippen LogP contribution < -0.4 is 10.2 Å². The first-order valence-electron chi connectivity index (χ1n) is 10.4. The van der Waals surface area contributed by atoms with Gasteiger partial charge in [0, 0.05) is 31.0 Å². The molecule has 1 aliphatic rings. The van der Waals surface area contributed by atoms with Crippen molar-refractivity contribution < 1.29 is 24.6 Å². The minimum absolute atomic E-state index is 0.00240. The van der Waals surface area contributed by atoms with Crippen molar-refractivity contribution in [2.45, 2.75) is 32.4 Å². The highest BCUT2D eigenvalue weighted by molar-refractivity contribution is 5.94. The molecule has 8 heteroatoms. The lowest BCUT2D eigenvalue weighted by Crippen LogP contribution is -2.43. The number of fused-ring (bicyclic) bond motifs is 1. The molecule has 33 heavy (non-hydrogen) atoms. The van der Waals surface area contributed by atoms with Gasteiger partial charge >= 0.3 is 5.97 Å². The second-order valence-electron chi connectivity index (χ2n) is 7.68. The zero-order valence-corrected chi connectivity index (χ0v) is 18.3. The van der Waals surface area contributed by atoms with E-state index in [9.17, 15) is 14.7 Å². The van der Waals surface area contributed by atoms with Crippen LogP contribution in [0.25, 0.3) is 11.1 Å². The molecule has 0 spiro atoms. The van der Waals surface area contributed by atoms with Gasteiger partial charge in [-0.1, -0.05) is 18.2 Å². The molecule has 0 bridgehead atoms. The van der Waals surface area contributed by atoms with Crippen molar-refractivity contribution in [1.82, 2.24) is 4.98 Å². The van der Waals surface area contributed by atoms with Crippen molar-refractivity contribution in [3.63, 3.8) is 0 Å². The van der Waals surface area contributed by atoms with Crippen LogP contribution in [0.5, 0.6) is 0 Å². The van der Waals surface area contributed by atoms with E-state index >= 15 is 0 Å². The highest BCUT2D eigenvalue weighted by Gasteiger charge is 2.32. The molecule has 0 radical (unpaired) electrons. The highest BCUT2D eigenvalue weighted by atomic mass is 16.4. The minimum Gasteiger partial charge on any atom is -0.483 e. The molecule has 0 unspecified atom stereocenters. The summed E-state index contributed by atoms with van der Waals surface area (Å²) in [6.07, 6.45) is 4.26. The molecular formula is C25H25N3O5. The van der Waals surface area contributed by atoms with Crippen molar-refractivity contribution in [1.29, 1.82) is 0 Å². The summed E-state index contributed by atoms with van der Waals surface area (Å²) in [6.45, 7) is 3.38. The highest BCUT2D eigenvalue weighted by Crippen LogP contribution is 2.41. The lowest BCUT2D eigenvalue weighted by Gasteiger charge is -2.39. The van der Waals surface area contributed by atoms with Crippen LogP contribution in [-0.4, -0.2) is 39.6 Å². The Morgan fingerprint density at radius 1 is 1.12 bits per heavy atom. The molecular weight excluding hydrogens is 422 g/mol. The Morgan fingerprint density at radius 2 is 1.85 bits per heavy atom. The van der Waals surface area contributed by atoms with Crippen LogP contribution in [-0.2, 0) is 9.59 Å². The monoisotopic (exact) mass is 447 g/mol. The molecule has 1 aromatic heterocycles. The third-order valence-electron chi connectivity index (χ3n) is 5.46. The number of carboxylic acids is 1. The third-order valence-corrected chi connectivity index (χ3v) is 5.46. The fourth-order valence-electron chi connectivity index (χ4n) is 4.14. The number of aromatic nitrogens is 1. The molecule has 0 fully saturated rings. The number of anilines is 2. The number of nitrogens with zero attached hydrogens (tertiary/aromatic N) is 2. The minimum atomic E-state index is -0.956. The molecule has 3 N–H and O–H groups in total. The maximum absolute atomic E-state index is 12.3. The Hall–Kier alpha value is -4.20. The van der Waals surface area contributed by atoms with Crippen LogP contribution in [0.3, 0.4) is 0 Å². The summed E-state index contributed by atoms with van der Waals surface area (Å²) in [5, 5.41) is 19.7. The van der Waals surface area contributed by atoms with E-state index in [4.69, 9.17) is 9.90 Å². The van der Waals surface area contributed by atoms with E-state index in [2.05, 4.69) is 10.3 Å². The van der Waals surface area contributed by atoms with Gasteiger partial charge in [-0.05, 0) is 66.4 Å². The Labute approximate surface area is 191 Å². The van der Waals surface area contributed by atoms with Crippen LogP contribution in [0.4, 0.5) is 11.4 Å². The average molecular weight is 447 g/mol. The number of hydrogen-bond acceptors (Lipinski definition) is 5. The standard InChI is InChI=1S/C24H23N3O3.CH2O2/c1-15-11-22(26-20-7-4-10-25-14-20)21-13-18(8-9-23(21)27(15)16(2)28)17-5-3-6-19(12-17)24(29)30;2-1-3/h3-10,12-15,22,26H,11H2,1-2H3,(H,29,30);1H,(H,2,3)/t15-,22+;/m0./s1. The molecule has 2 atom stereocenters. The van der Waals surface area contributed by atoms with E-state index < -0.39 is 5.97 Å². The molecule has 1 aliphatic heterocycles. The molecule has 2 heterocycles. The van der Waals surface area contributed by atoms with Gasteiger partial charge in [0.05, 0.1) is 17.3 Å². The normalized spacial score (nSPS) is 16.6. The van der Waals surface area contributed by atoms with Gasteiger partial charge in [-0.15, -0.1) is 0 Å². The Morgan fingerprint density at radius 3 is 2.48 bits per heavy atom. The van der Waals surface area contributed by atoms with Crippen LogP contribution >= 0.6 is 0 Å². The number of nitrogens with one attached hydrogen (secondary N) is 1. The smallest absolute Gasteiger partial charge is 0.335 e. The average Bonchev–Trinajstić information content (AvgIpc) is 2.80. The van der Waals surface area contributed by atoms with Crippen molar-refractivity contribution >= 4 is 29.7 Å². The number of carbonyl (C=O) groups is 3. The fourth-order valence-corrected chi connectivity index (χ4v) is 4.14. The molecule has 0 saturated heterocycles. The van der Waals surface area contributed by atoms with E-state index in [0.29, 0.717) is 0 Å². The van der Waals surface area contributed by atoms with Crippen LogP contribution in [0.15, 0.2) is 67.0 Å². The second-order valence-corrected chi connectivity index (χ2v) is 7.68. The third kappa shape index (κ3) is 5.35. The number of hydrogen-bond donors (Lipinski definition) is 3. The van der Waals surface area contributed by atoms with Crippen molar-refractivity contribution in [3.8, 4) is 11.1 Å². The number of rotatable bonds is 4. The molecule has 2 aromatic carbocycles. The molecule has 0 aliphatic carbocycles. The lowest BCUT2D eigenvalue weighted by atomic mass is 9.88. The van der Waals surface area contributed by atoms with E-state index in [1.807, 2.05) is 48.2 Å². The number of benzene rings is 2. The molecule has 3 aromatic rings. The molecule has 1 amide bonds. The first kappa shape index (κ1) is 23.5. The van der Waals surface area contributed by atoms with Crippen LogP contribution in [0.2, 0.25) is 0 Å². The fraction of sp³-hybridized carbons (Fsp3) is 0.200. The van der Waals surface area contributed by atoms with Gasteiger partial charge in [-0.2, -0.15) is 0 Å². The largest absolute Gasteiger partial charge is 0.483 e. The first-order valence-corrected chi connectivity index (χ1v) is 10.4. The maximum atomic E-state index is 12.3. The Balaban J connectivity index is 0.000000968. The zero-order chi connectivity index (χ0) is 24.0. The predicted molar refractivity (Wildman–Crippen MR) is 125 cm³/mol. The molecule has 8 nitrogen and oxygen atoms in total. The van der Waals surface area contributed by atoms with Crippen molar-refractivity contribution in [3.05, 3.63) is 78.1 Å².